The molecule has 2 rings (SSSR count). The molecule has 1 aliphatic carbocycles. The fourth-order valence-corrected chi connectivity index (χ4v) is 1.32. The maximum absolute atomic E-state index is 11.2. The highest BCUT2D eigenvalue weighted by Crippen LogP contribution is 2.30. The molecular weight excluding hydrogens is 194 g/mol. The zero-order valence-corrected chi connectivity index (χ0v) is 8.27. The molecule has 1 aromatic rings. The lowest BCUT2D eigenvalue weighted by Crippen LogP contribution is -2.16. The summed E-state index contributed by atoms with van der Waals surface area (Å²) >= 11 is 0. The normalized spacial score (nSPS) is 15.0. The van der Waals surface area contributed by atoms with Crippen molar-refractivity contribution in [1.82, 2.24) is 4.98 Å². The number of carbonyl (C=O) groups is 1. The van der Waals surface area contributed by atoms with Crippen molar-refractivity contribution >= 4 is 5.91 Å². The Hall–Kier alpha value is -1.62. The van der Waals surface area contributed by atoms with Crippen LogP contribution in [0.1, 0.15) is 28.9 Å². The van der Waals surface area contributed by atoms with Gasteiger partial charge in [-0.05, 0) is 18.9 Å². The van der Waals surface area contributed by atoms with Crippen LogP contribution in [0, 0.1) is 0 Å². The molecule has 0 atom stereocenters. The lowest BCUT2D eigenvalue weighted by molar-refractivity contribution is 0.0995. The van der Waals surface area contributed by atoms with Crippen LogP contribution in [0.4, 0.5) is 0 Å². The summed E-state index contributed by atoms with van der Waals surface area (Å²) in [7, 11) is 0. The summed E-state index contributed by atoms with van der Waals surface area (Å²) < 4.78 is 5.60. The smallest absolute Gasteiger partial charge is 0.252 e. The number of carbonyl (C=O) groups excluding carboxylic acids is 1. The molecule has 1 aromatic heterocycles. The van der Waals surface area contributed by atoms with Gasteiger partial charge in [0.05, 0.1) is 17.4 Å². The number of ether oxygens (including phenoxy) is 1. The van der Waals surface area contributed by atoms with Crippen LogP contribution in [0.25, 0.3) is 0 Å². The molecule has 0 spiro atoms. The van der Waals surface area contributed by atoms with Crippen LogP contribution in [0.15, 0.2) is 12.3 Å². The summed E-state index contributed by atoms with van der Waals surface area (Å²) in [6, 6.07) is 1.55. The molecule has 0 bridgehead atoms. The number of aromatic nitrogens is 1. The summed E-state index contributed by atoms with van der Waals surface area (Å²) in [6.45, 7) is 0.239. The van der Waals surface area contributed by atoms with Gasteiger partial charge in [-0.2, -0.15) is 0 Å². The van der Waals surface area contributed by atoms with Gasteiger partial charge >= 0.3 is 0 Å². The van der Waals surface area contributed by atoms with E-state index in [1.165, 1.54) is 6.20 Å². The summed E-state index contributed by atoms with van der Waals surface area (Å²) in [5.74, 6) is -0.0576. The lowest BCUT2D eigenvalue weighted by atomic mass is 10.2. The maximum Gasteiger partial charge on any atom is 0.252 e. The van der Waals surface area contributed by atoms with Gasteiger partial charge in [-0.15, -0.1) is 0 Å². The monoisotopic (exact) mass is 207 g/mol. The number of amides is 1. The van der Waals surface area contributed by atoms with E-state index in [4.69, 9.17) is 16.2 Å². The van der Waals surface area contributed by atoms with E-state index in [0.29, 0.717) is 17.0 Å². The van der Waals surface area contributed by atoms with Crippen LogP contribution < -0.4 is 16.2 Å². The van der Waals surface area contributed by atoms with Gasteiger partial charge in [0.2, 0.25) is 0 Å². The molecular formula is C10H13N3O2. The molecule has 0 saturated heterocycles. The Morgan fingerprint density at radius 3 is 2.87 bits per heavy atom. The van der Waals surface area contributed by atoms with Gasteiger partial charge in [0.25, 0.3) is 5.91 Å². The highest BCUT2D eigenvalue weighted by molar-refractivity contribution is 5.95. The zero-order valence-electron chi connectivity index (χ0n) is 8.27. The largest absolute Gasteiger partial charge is 0.488 e. The topological polar surface area (TPSA) is 91.2 Å². The number of primary amides is 1. The third kappa shape index (κ3) is 2.07. The van der Waals surface area contributed by atoms with Crippen molar-refractivity contribution < 1.29 is 9.53 Å². The molecule has 1 amide bonds. The fraction of sp³-hybridized carbons (Fsp3) is 0.400. The minimum atomic E-state index is -0.511. The van der Waals surface area contributed by atoms with Gasteiger partial charge in [0, 0.05) is 12.7 Å². The molecule has 0 aromatic carbocycles. The van der Waals surface area contributed by atoms with Gasteiger partial charge in [-0.1, -0.05) is 0 Å². The number of nitrogens with zero attached hydrogens (tertiary/aromatic N) is 1. The average Bonchev–Trinajstić information content (AvgIpc) is 3.01. The van der Waals surface area contributed by atoms with Crippen LogP contribution >= 0.6 is 0 Å². The summed E-state index contributed by atoms with van der Waals surface area (Å²) in [4.78, 5) is 15.2. The molecule has 0 aliphatic heterocycles. The van der Waals surface area contributed by atoms with Crippen molar-refractivity contribution in [3.63, 3.8) is 0 Å². The Morgan fingerprint density at radius 2 is 2.33 bits per heavy atom. The molecule has 0 unspecified atom stereocenters. The van der Waals surface area contributed by atoms with E-state index in [-0.39, 0.29) is 12.6 Å². The standard InChI is InChI=1S/C10H13N3O2/c11-5-8-9(15-6-1-2-6)7(10(12)14)3-4-13-8/h3-4,6H,1-2,5,11H2,(H2,12,14). The predicted octanol–water partition coefficient (Wildman–Crippen LogP) is 0.180. The van der Waals surface area contributed by atoms with Crippen molar-refractivity contribution in [3.8, 4) is 5.75 Å². The average molecular weight is 207 g/mol. The van der Waals surface area contributed by atoms with Crippen LogP contribution in [-0.4, -0.2) is 17.0 Å². The second-order valence-electron chi connectivity index (χ2n) is 3.52. The van der Waals surface area contributed by atoms with Gasteiger partial charge < -0.3 is 16.2 Å². The van der Waals surface area contributed by atoms with Gasteiger partial charge in [-0.3, -0.25) is 9.78 Å². The molecule has 1 fully saturated rings. The first-order chi connectivity index (χ1) is 7.22. The maximum atomic E-state index is 11.2. The molecule has 80 valence electrons. The molecule has 1 heterocycles. The Bertz CT molecular complexity index is 388. The molecule has 4 N–H and O–H groups in total. The first kappa shape index (κ1) is 9.92. The molecule has 5 heteroatoms. The van der Waals surface area contributed by atoms with Crippen molar-refractivity contribution in [2.75, 3.05) is 0 Å². The Kier molecular flexibility index (Phi) is 2.55. The predicted molar refractivity (Wildman–Crippen MR) is 54.3 cm³/mol. The van der Waals surface area contributed by atoms with E-state index in [0.717, 1.165) is 12.8 Å². The van der Waals surface area contributed by atoms with Crippen LogP contribution in [0.3, 0.4) is 0 Å². The van der Waals surface area contributed by atoms with Crippen LogP contribution in [-0.2, 0) is 6.54 Å². The number of nitrogens with two attached hydrogens (primary N) is 2. The van der Waals surface area contributed by atoms with Crippen LogP contribution in [0.5, 0.6) is 5.75 Å². The SMILES string of the molecule is NCc1nccc(C(N)=O)c1OC1CC1. The molecule has 5 nitrogen and oxygen atoms in total. The summed E-state index contributed by atoms with van der Waals surface area (Å²) in [5, 5.41) is 0. The highest BCUT2D eigenvalue weighted by atomic mass is 16.5. The number of hydrogen-bond acceptors (Lipinski definition) is 4. The molecule has 1 saturated carbocycles. The van der Waals surface area contributed by atoms with Gasteiger partial charge in [0.15, 0.2) is 5.75 Å². The Balaban J connectivity index is 2.38. The van der Waals surface area contributed by atoms with Crippen molar-refractivity contribution in [2.45, 2.75) is 25.5 Å². The Morgan fingerprint density at radius 1 is 1.60 bits per heavy atom. The minimum Gasteiger partial charge on any atom is -0.488 e. The van der Waals surface area contributed by atoms with Gasteiger partial charge in [-0.25, -0.2) is 0 Å². The molecule has 0 radical (unpaired) electrons. The Labute approximate surface area is 87.4 Å². The first-order valence-electron chi connectivity index (χ1n) is 4.86. The van der Waals surface area contributed by atoms with Crippen molar-refractivity contribution in [2.24, 2.45) is 11.5 Å². The quantitative estimate of drug-likeness (QED) is 0.736. The van der Waals surface area contributed by atoms with E-state index in [9.17, 15) is 4.79 Å². The van der Waals surface area contributed by atoms with Crippen molar-refractivity contribution in [1.29, 1.82) is 0 Å². The fourth-order valence-electron chi connectivity index (χ4n) is 1.32. The van der Waals surface area contributed by atoms with Crippen molar-refractivity contribution in [3.05, 3.63) is 23.5 Å². The minimum absolute atomic E-state index is 0.192. The van der Waals surface area contributed by atoms with E-state index in [2.05, 4.69) is 4.98 Å². The van der Waals surface area contributed by atoms with E-state index in [1.54, 1.807) is 6.07 Å². The van der Waals surface area contributed by atoms with E-state index in [1.807, 2.05) is 0 Å². The number of hydrogen-bond donors (Lipinski definition) is 2. The van der Waals surface area contributed by atoms with Crippen LogP contribution in [0.2, 0.25) is 0 Å². The second kappa shape index (κ2) is 3.86. The van der Waals surface area contributed by atoms with E-state index < -0.39 is 5.91 Å². The highest BCUT2D eigenvalue weighted by Gasteiger charge is 2.27. The molecule has 15 heavy (non-hydrogen) atoms. The van der Waals surface area contributed by atoms with Gasteiger partial charge in [0.1, 0.15) is 0 Å². The second-order valence-corrected chi connectivity index (χ2v) is 3.52. The number of pyridine rings is 1. The molecule has 1 aliphatic rings. The third-order valence-electron chi connectivity index (χ3n) is 2.25. The van der Waals surface area contributed by atoms with E-state index >= 15 is 0 Å². The lowest BCUT2D eigenvalue weighted by Gasteiger charge is -2.11. The summed E-state index contributed by atoms with van der Waals surface area (Å²) in [6.07, 6.45) is 3.73. The number of rotatable bonds is 4. The summed E-state index contributed by atoms with van der Waals surface area (Å²) in [5.41, 5.74) is 11.7. The third-order valence-corrected chi connectivity index (χ3v) is 2.25. The zero-order chi connectivity index (χ0) is 10.8. The first-order valence-corrected chi connectivity index (χ1v) is 4.86.